The molecule has 0 N–H and O–H groups in total. The van der Waals surface area contributed by atoms with E-state index in [1.165, 1.54) is 0 Å². The Hall–Kier alpha value is -0.870. The van der Waals surface area contributed by atoms with Gasteiger partial charge in [0.1, 0.15) is 6.10 Å². The number of hydrogen-bond donors (Lipinski definition) is 0. The molecule has 0 radical (unpaired) electrons. The highest BCUT2D eigenvalue weighted by atomic mass is 35.5. The lowest BCUT2D eigenvalue weighted by molar-refractivity contribution is -0.148. The lowest BCUT2D eigenvalue weighted by Gasteiger charge is -2.24. The minimum atomic E-state index is -3.37. The molecule has 0 spiro atoms. The van der Waals surface area contributed by atoms with Crippen molar-refractivity contribution in [3.63, 3.8) is 0 Å². The van der Waals surface area contributed by atoms with Crippen LogP contribution in [0.5, 0.6) is 0 Å². The van der Waals surface area contributed by atoms with Crippen LogP contribution >= 0.6 is 19.2 Å². The number of hydrogen-bond acceptors (Lipinski definition) is 5. The average molecular weight is 363 g/mol. The van der Waals surface area contributed by atoms with Crippen molar-refractivity contribution in [2.75, 3.05) is 19.4 Å². The van der Waals surface area contributed by atoms with Crippen LogP contribution in [0.4, 0.5) is 0 Å². The van der Waals surface area contributed by atoms with Gasteiger partial charge in [0.05, 0.1) is 19.4 Å². The Morgan fingerprint density at radius 2 is 1.78 bits per heavy atom. The normalized spacial score (nSPS) is 12.9. The van der Waals surface area contributed by atoms with E-state index in [0.29, 0.717) is 17.0 Å². The summed E-state index contributed by atoms with van der Waals surface area (Å²) in [6.07, 6.45) is 0.122. The van der Waals surface area contributed by atoms with Gasteiger partial charge < -0.3 is 13.8 Å². The number of carbonyl (C=O) groups is 1. The van der Waals surface area contributed by atoms with E-state index in [1.54, 1.807) is 38.1 Å². The van der Waals surface area contributed by atoms with E-state index in [4.69, 9.17) is 25.4 Å². The fraction of sp³-hybridized carbons (Fsp3) is 0.562. The summed E-state index contributed by atoms with van der Waals surface area (Å²) in [4.78, 5) is 11.9. The second-order valence-corrected chi connectivity index (χ2v) is 7.39. The third-order valence-corrected chi connectivity index (χ3v) is 5.45. The van der Waals surface area contributed by atoms with Crippen molar-refractivity contribution >= 4 is 25.2 Å². The van der Waals surface area contributed by atoms with Gasteiger partial charge in [-0.05, 0) is 26.3 Å². The van der Waals surface area contributed by atoms with Crippen molar-refractivity contribution < 1.29 is 23.1 Å². The quantitative estimate of drug-likeness (QED) is 0.433. The monoisotopic (exact) mass is 362 g/mol. The number of benzene rings is 1. The molecule has 0 aliphatic carbocycles. The van der Waals surface area contributed by atoms with Crippen LogP contribution < -0.4 is 0 Å². The zero-order chi connectivity index (χ0) is 17.3. The lowest BCUT2D eigenvalue weighted by atomic mass is 10.1. The number of carbonyl (C=O) groups excluding carboxylic acids is 1. The minimum Gasteiger partial charge on any atom is -0.457 e. The predicted molar refractivity (Wildman–Crippen MR) is 90.9 cm³/mol. The summed E-state index contributed by atoms with van der Waals surface area (Å²) in [5.74, 6) is -0.364. The maximum absolute atomic E-state index is 12.8. The molecule has 0 saturated heterocycles. The highest BCUT2D eigenvalue weighted by Gasteiger charge is 2.32. The summed E-state index contributed by atoms with van der Waals surface area (Å²) in [5.41, 5.74) is 0.596. The van der Waals surface area contributed by atoms with Gasteiger partial charge in [-0.25, -0.2) is 0 Å². The highest BCUT2D eigenvalue weighted by Crippen LogP contribution is 2.52. The predicted octanol–water partition coefficient (Wildman–Crippen LogP) is 4.99. The molecule has 1 atom stereocenters. The van der Waals surface area contributed by atoms with Crippen molar-refractivity contribution in [1.82, 2.24) is 0 Å². The fourth-order valence-corrected chi connectivity index (χ4v) is 4.10. The molecule has 0 bridgehead atoms. The molecule has 1 aromatic rings. The van der Waals surface area contributed by atoms with Crippen LogP contribution in [0.2, 0.25) is 5.02 Å². The Kier molecular flexibility index (Phi) is 8.85. The second-order valence-electron chi connectivity index (χ2n) is 4.88. The van der Waals surface area contributed by atoms with Crippen LogP contribution in [0.1, 0.15) is 45.3 Å². The SMILES string of the molecule is CCCC(=O)OC(CP(=O)(OCC)OCC)c1ccccc1Cl. The van der Waals surface area contributed by atoms with Gasteiger partial charge in [0.15, 0.2) is 0 Å². The Morgan fingerprint density at radius 1 is 1.17 bits per heavy atom. The van der Waals surface area contributed by atoms with Gasteiger partial charge in [-0.15, -0.1) is 0 Å². The third kappa shape index (κ3) is 6.64. The van der Waals surface area contributed by atoms with Crippen LogP contribution in [0, 0.1) is 0 Å². The van der Waals surface area contributed by atoms with E-state index in [-0.39, 0.29) is 31.8 Å². The Morgan fingerprint density at radius 3 is 2.30 bits per heavy atom. The molecule has 23 heavy (non-hydrogen) atoms. The van der Waals surface area contributed by atoms with Crippen LogP contribution in [0.15, 0.2) is 24.3 Å². The summed E-state index contributed by atoms with van der Waals surface area (Å²) in [6.45, 7) is 5.85. The molecular formula is C16H24ClO5P. The van der Waals surface area contributed by atoms with E-state index < -0.39 is 13.7 Å². The van der Waals surface area contributed by atoms with Crippen LogP contribution in [0.3, 0.4) is 0 Å². The van der Waals surface area contributed by atoms with Gasteiger partial charge in [-0.2, -0.15) is 0 Å². The molecular weight excluding hydrogens is 339 g/mol. The fourth-order valence-electron chi connectivity index (χ4n) is 2.10. The molecule has 0 heterocycles. The van der Waals surface area contributed by atoms with Crippen LogP contribution in [-0.2, 0) is 23.1 Å². The number of rotatable bonds is 10. The lowest BCUT2D eigenvalue weighted by Crippen LogP contribution is -2.17. The first-order chi connectivity index (χ1) is 11.0. The first-order valence-corrected chi connectivity index (χ1v) is 9.88. The third-order valence-electron chi connectivity index (χ3n) is 3.02. The Labute approximate surface area is 142 Å². The van der Waals surface area contributed by atoms with Crippen molar-refractivity contribution in [3.05, 3.63) is 34.9 Å². The first kappa shape index (κ1) is 20.2. The van der Waals surface area contributed by atoms with E-state index in [9.17, 15) is 9.36 Å². The first-order valence-electron chi connectivity index (χ1n) is 7.77. The van der Waals surface area contributed by atoms with Crippen LogP contribution in [-0.4, -0.2) is 25.3 Å². The molecule has 7 heteroatoms. The molecule has 0 aliphatic rings. The number of ether oxygens (including phenoxy) is 1. The van der Waals surface area contributed by atoms with Gasteiger partial charge in [0.25, 0.3) is 0 Å². The zero-order valence-corrected chi connectivity index (χ0v) is 15.4. The summed E-state index contributed by atoms with van der Waals surface area (Å²) in [7, 11) is -3.37. The summed E-state index contributed by atoms with van der Waals surface area (Å²) >= 11 is 6.20. The molecule has 1 rings (SSSR count). The standard InChI is InChI=1S/C16H24ClO5P/c1-4-9-16(18)22-15(13-10-7-8-11-14(13)17)12-23(19,20-5-2)21-6-3/h7-8,10-11,15H,4-6,9,12H2,1-3H3. The molecule has 0 amide bonds. The van der Waals surface area contributed by atoms with E-state index in [1.807, 2.05) is 6.92 Å². The van der Waals surface area contributed by atoms with E-state index >= 15 is 0 Å². The highest BCUT2D eigenvalue weighted by molar-refractivity contribution is 7.53. The maximum atomic E-state index is 12.8. The summed E-state index contributed by atoms with van der Waals surface area (Å²) in [5, 5.41) is 0.446. The topological polar surface area (TPSA) is 61.8 Å². The van der Waals surface area contributed by atoms with Gasteiger partial charge in [0.2, 0.25) is 0 Å². The Balaban J connectivity index is 3.06. The van der Waals surface area contributed by atoms with Crippen molar-refractivity contribution in [2.24, 2.45) is 0 Å². The summed E-state index contributed by atoms with van der Waals surface area (Å²) in [6, 6.07) is 7.01. The molecule has 1 aromatic carbocycles. The molecule has 130 valence electrons. The zero-order valence-electron chi connectivity index (χ0n) is 13.8. The largest absolute Gasteiger partial charge is 0.457 e. The van der Waals surface area contributed by atoms with Gasteiger partial charge in [-0.1, -0.05) is 36.7 Å². The molecule has 0 fully saturated rings. The molecule has 0 aromatic heterocycles. The molecule has 0 saturated carbocycles. The van der Waals surface area contributed by atoms with Crippen LogP contribution in [0.25, 0.3) is 0 Å². The number of halogens is 1. The van der Waals surface area contributed by atoms with Gasteiger partial charge in [0, 0.05) is 17.0 Å². The summed E-state index contributed by atoms with van der Waals surface area (Å²) < 4.78 is 28.9. The minimum absolute atomic E-state index is 0.0616. The second kappa shape index (κ2) is 10.1. The van der Waals surface area contributed by atoms with Crippen molar-refractivity contribution in [1.29, 1.82) is 0 Å². The average Bonchev–Trinajstić information content (AvgIpc) is 2.47. The Bertz CT molecular complexity index is 539. The molecule has 0 aliphatic heterocycles. The van der Waals surface area contributed by atoms with Gasteiger partial charge in [-0.3, -0.25) is 9.36 Å². The smallest absolute Gasteiger partial charge is 0.334 e. The molecule has 5 nitrogen and oxygen atoms in total. The van der Waals surface area contributed by atoms with Gasteiger partial charge >= 0.3 is 13.6 Å². The van der Waals surface area contributed by atoms with Crippen molar-refractivity contribution in [3.8, 4) is 0 Å². The van der Waals surface area contributed by atoms with E-state index in [2.05, 4.69) is 0 Å². The number of esters is 1. The maximum Gasteiger partial charge on any atom is 0.334 e. The van der Waals surface area contributed by atoms with E-state index in [0.717, 1.165) is 0 Å². The molecule has 1 unspecified atom stereocenters. The van der Waals surface area contributed by atoms with Crippen molar-refractivity contribution in [2.45, 2.75) is 39.7 Å².